The van der Waals surface area contributed by atoms with Crippen molar-refractivity contribution in [2.75, 3.05) is 6.54 Å². The van der Waals surface area contributed by atoms with Crippen molar-refractivity contribution in [2.24, 2.45) is 5.92 Å². The zero-order valence-electron chi connectivity index (χ0n) is 21.3. The monoisotopic (exact) mass is 485 g/mol. The van der Waals surface area contributed by atoms with E-state index in [4.69, 9.17) is 4.74 Å². The van der Waals surface area contributed by atoms with Crippen LogP contribution in [0.15, 0.2) is 72.9 Å². The van der Waals surface area contributed by atoms with Gasteiger partial charge in [-0.1, -0.05) is 63.2 Å². The number of ether oxygens (including phenoxy) is 1. The number of pyridine rings is 1. The van der Waals surface area contributed by atoms with Crippen molar-refractivity contribution in [3.8, 4) is 5.75 Å². The summed E-state index contributed by atoms with van der Waals surface area (Å²) in [6.45, 7) is 7.12. The molecule has 1 aliphatic heterocycles. The molecule has 6 nitrogen and oxygen atoms in total. The van der Waals surface area contributed by atoms with E-state index in [0.29, 0.717) is 37.6 Å². The van der Waals surface area contributed by atoms with Gasteiger partial charge < -0.3 is 15.0 Å². The quantitative estimate of drug-likeness (QED) is 0.459. The van der Waals surface area contributed by atoms with Crippen LogP contribution in [-0.4, -0.2) is 34.3 Å². The van der Waals surface area contributed by atoms with Crippen LogP contribution >= 0.6 is 0 Å². The Labute approximate surface area is 213 Å². The summed E-state index contributed by atoms with van der Waals surface area (Å²) < 4.78 is 6.19. The lowest BCUT2D eigenvalue weighted by atomic mass is 9.87. The highest BCUT2D eigenvalue weighted by Gasteiger charge is 2.32. The summed E-state index contributed by atoms with van der Waals surface area (Å²) in [6.07, 6.45) is 2.94. The zero-order valence-corrected chi connectivity index (χ0v) is 21.3. The first-order chi connectivity index (χ1) is 17.5. The number of carbonyl (C=O) groups is 2. The van der Waals surface area contributed by atoms with Crippen LogP contribution in [0.2, 0.25) is 0 Å². The van der Waals surface area contributed by atoms with Gasteiger partial charge in [-0.2, -0.15) is 0 Å². The zero-order chi connectivity index (χ0) is 25.5. The lowest BCUT2D eigenvalue weighted by Crippen LogP contribution is -2.41. The van der Waals surface area contributed by atoms with Crippen molar-refractivity contribution in [3.63, 3.8) is 0 Å². The van der Waals surface area contributed by atoms with E-state index >= 15 is 0 Å². The largest absolute Gasteiger partial charge is 0.481 e. The fourth-order valence-electron chi connectivity index (χ4n) is 4.68. The minimum absolute atomic E-state index is 0.163. The van der Waals surface area contributed by atoms with Crippen LogP contribution < -0.4 is 10.1 Å². The Bertz CT molecular complexity index is 1160. The van der Waals surface area contributed by atoms with Crippen molar-refractivity contribution < 1.29 is 14.3 Å². The van der Waals surface area contributed by atoms with Crippen molar-refractivity contribution >= 4 is 11.8 Å². The number of nitrogens with one attached hydrogen (secondary N) is 1. The maximum atomic E-state index is 13.2. The van der Waals surface area contributed by atoms with E-state index in [0.717, 1.165) is 23.2 Å². The molecule has 2 amide bonds. The van der Waals surface area contributed by atoms with Gasteiger partial charge in [0, 0.05) is 19.2 Å². The molecule has 1 aliphatic rings. The summed E-state index contributed by atoms with van der Waals surface area (Å²) in [5.41, 5.74) is 4.14. The molecule has 0 saturated heterocycles. The minimum atomic E-state index is -0.621. The van der Waals surface area contributed by atoms with Gasteiger partial charge in [0.2, 0.25) is 5.91 Å². The molecule has 188 valence electrons. The second-order valence-corrected chi connectivity index (χ2v) is 9.66. The molecule has 2 aromatic carbocycles. The molecule has 36 heavy (non-hydrogen) atoms. The molecule has 1 aromatic heterocycles. The SMILES string of the molecule is CC[C@@H](Oc1ccc2c(c1)[C@@H](c1ccccc1)N(C(=O)CC(C)C)CC2)C(=O)NCc1ccccn1. The Hall–Kier alpha value is -3.67. The Morgan fingerprint density at radius 1 is 1.08 bits per heavy atom. The van der Waals surface area contributed by atoms with Crippen molar-refractivity contribution in [1.82, 2.24) is 15.2 Å². The number of amides is 2. The van der Waals surface area contributed by atoms with E-state index in [2.05, 4.69) is 42.3 Å². The van der Waals surface area contributed by atoms with E-state index in [9.17, 15) is 9.59 Å². The summed E-state index contributed by atoms with van der Waals surface area (Å²) in [4.78, 5) is 32.3. The number of aromatic nitrogens is 1. The average molecular weight is 486 g/mol. The molecule has 4 rings (SSSR count). The van der Waals surface area contributed by atoms with E-state index in [1.54, 1.807) is 6.20 Å². The highest BCUT2D eigenvalue weighted by molar-refractivity contribution is 5.81. The molecule has 6 heteroatoms. The lowest BCUT2D eigenvalue weighted by molar-refractivity contribution is -0.134. The third kappa shape index (κ3) is 6.11. The summed E-state index contributed by atoms with van der Waals surface area (Å²) in [5.74, 6) is 0.915. The minimum Gasteiger partial charge on any atom is -0.481 e. The summed E-state index contributed by atoms with van der Waals surface area (Å²) in [6, 6.07) is 21.6. The highest BCUT2D eigenvalue weighted by Crippen LogP contribution is 2.38. The fourth-order valence-corrected chi connectivity index (χ4v) is 4.68. The molecular weight excluding hydrogens is 450 g/mol. The smallest absolute Gasteiger partial charge is 0.261 e. The molecular formula is C30H35N3O3. The fraction of sp³-hybridized carbons (Fsp3) is 0.367. The molecule has 0 spiro atoms. The van der Waals surface area contributed by atoms with Gasteiger partial charge in [-0.25, -0.2) is 0 Å². The van der Waals surface area contributed by atoms with Gasteiger partial charge in [0.15, 0.2) is 6.10 Å². The molecule has 1 N–H and O–H groups in total. The molecule has 2 heterocycles. The number of rotatable bonds is 9. The number of carbonyl (C=O) groups excluding carboxylic acids is 2. The van der Waals surface area contributed by atoms with Crippen LogP contribution in [0.5, 0.6) is 5.75 Å². The van der Waals surface area contributed by atoms with Gasteiger partial charge in [0.05, 0.1) is 18.3 Å². The lowest BCUT2D eigenvalue weighted by Gasteiger charge is -2.38. The van der Waals surface area contributed by atoms with Gasteiger partial charge in [0.1, 0.15) is 5.75 Å². The Morgan fingerprint density at radius 2 is 1.86 bits per heavy atom. The molecule has 2 atom stereocenters. The average Bonchev–Trinajstić information content (AvgIpc) is 2.90. The number of hydrogen-bond acceptors (Lipinski definition) is 4. The van der Waals surface area contributed by atoms with Crippen LogP contribution in [0.25, 0.3) is 0 Å². The van der Waals surface area contributed by atoms with Crippen molar-refractivity contribution in [3.05, 3.63) is 95.3 Å². The number of nitrogens with zero attached hydrogens (tertiary/aromatic N) is 2. The highest BCUT2D eigenvalue weighted by atomic mass is 16.5. The van der Waals surface area contributed by atoms with Crippen LogP contribution in [-0.2, 0) is 22.6 Å². The van der Waals surface area contributed by atoms with Crippen molar-refractivity contribution in [2.45, 2.75) is 58.7 Å². The van der Waals surface area contributed by atoms with E-state index in [1.807, 2.05) is 60.4 Å². The molecule has 0 bridgehead atoms. The predicted octanol–water partition coefficient (Wildman–Crippen LogP) is 5.08. The second-order valence-electron chi connectivity index (χ2n) is 9.66. The number of hydrogen-bond donors (Lipinski definition) is 1. The van der Waals surface area contributed by atoms with E-state index in [1.165, 1.54) is 5.56 Å². The van der Waals surface area contributed by atoms with Gasteiger partial charge in [-0.15, -0.1) is 0 Å². The van der Waals surface area contributed by atoms with Crippen molar-refractivity contribution in [1.29, 1.82) is 0 Å². The molecule has 0 saturated carbocycles. The van der Waals surface area contributed by atoms with Crippen LogP contribution in [0.3, 0.4) is 0 Å². The summed E-state index contributed by atoms with van der Waals surface area (Å²) in [5, 5.41) is 2.93. The maximum absolute atomic E-state index is 13.2. The molecule has 0 aliphatic carbocycles. The number of benzene rings is 2. The first-order valence-corrected chi connectivity index (χ1v) is 12.8. The third-order valence-corrected chi connectivity index (χ3v) is 6.48. The van der Waals surface area contributed by atoms with E-state index in [-0.39, 0.29) is 17.9 Å². The summed E-state index contributed by atoms with van der Waals surface area (Å²) in [7, 11) is 0. The van der Waals surface area contributed by atoms with Gasteiger partial charge in [-0.3, -0.25) is 14.6 Å². The first-order valence-electron chi connectivity index (χ1n) is 12.8. The van der Waals surface area contributed by atoms with Gasteiger partial charge in [0.25, 0.3) is 5.91 Å². The normalized spacial score (nSPS) is 15.8. The first kappa shape index (κ1) is 25.4. The van der Waals surface area contributed by atoms with Crippen LogP contribution in [0.4, 0.5) is 0 Å². The third-order valence-electron chi connectivity index (χ3n) is 6.48. The number of fused-ring (bicyclic) bond motifs is 1. The summed E-state index contributed by atoms with van der Waals surface area (Å²) >= 11 is 0. The molecule has 0 unspecified atom stereocenters. The standard InChI is InChI=1S/C30H35N3O3/c1-4-27(30(35)32-20-24-12-8-9-16-31-24)36-25-14-13-22-15-17-33(28(34)18-21(2)3)29(26(22)19-25)23-10-6-5-7-11-23/h5-14,16,19,21,27,29H,4,15,17-18,20H2,1-3H3,(H,32,35)/t27-,29-/m1/s1. The Kier molecular flexibility index (Phi) is 8.36. The van der Waals surface area contributed by atoms with Gasteiger partial charge >= 0.3 is 0 Å². The molecule has 3 aromatic rings. The van der Waals surface area contributed by atoms with E-state index < -0.39 is 6.10 Å². The molecule has 0 radical (unpaired) electrons. The topological polar surface area (TPSA) is 71.5 Å². The van der Waals surface area contributed by atoms with Crippen LogP contribution in [0, 0.1) is 5.92 Å². The second kappa shape index (κ2) is 11.8. The molecule has 0 fully saturated rings. The Balaban J connectivity index is 1.57. The Morgan fingerprint density at radius 3 is 2.56 bits per heavy atom. The van der Waals surface area contributed by atoms with Crippen LogP contribution in [0.1, 0.15) is 62.0 Å². The predicted molar refractivity (Wildman–Crippen MR) is 140 cm³/mol. The maximum Gasteiger partial charge on any atom is 0.261 e. The van der Waals surface area contributed by atoms with Gasteiger partial charge in [-0.05, 0) is 59.7 Å².